The number of aromatic amines is 1. The van der Waals surface area contributed by atoms with Gasteiger partial charge in [0.25, 0.3) is 0 Å². The lowest BCUT2D eigenvalue weighted by Crippen LogP contribution is -2.11. The number of H-pyrrole nitrogens is 1. The number of carbonyl (C=O) groups is 1. The second-order valence-corrected chi connectivity index (χ2v) is 8.05. The average molecular weight is 395 g/mol. The molecule has 0 aliphatic carbocycles. The summed E-state index contributed by atoms with van der Waals surface area (Å²) in [4.78, 5) is 24.4. The molecule has 0 saturated carbocycles. The minimum absolute atomic E-state index is 0.0385. The molecule has 0 atom stereocenters. The van der Waals surface area contributed by atoms with E-state index in [0.717, 1.165) is 27.4 Å². The number of aryl methyl sites for hydroxylation is 1. The quantitative estimate of drug-likeness (QED) is 0.446. The Balaban J connectivity index is 1.30. The fourth-order valence-corrected chi connectivity index (χ4v) is 4.17. The van der Waals surface area contributed by atoms with Gasteiger partial charge in [-0.3, -0.25) is 4.79 Å². The maximum Gasteiger partial charge on any atom is 0.226 e. The van der Waals surface area contributed by atoms with Gasteiger partial charge < -0.3 is 10.3 Å². The zero-order valence-corrected chi connectivity index (χ0v) is 16.4. The van der Waals surface area contributed by atoms with Crippen molar-refractivity contribution < 1.29 is 4.79 Å². The number of benzene rings is 2. The van der Waals surface area contributed by atoms with E-state index in [1.165, 1.54) is 16.9 Å². The Morgan fingerprint density at radius 3 is 2.78 bits per heavy atom. The molecule has 0 unspecified atom stereocenters. The van der Waals surface area contributed by atoms with Crippen molar-refractivity contribution in [1.82, 2.24) is 15.0 Å². The summed E-state index contributed by atoms with van der Waals surface area (Å²) < 4.78 is 0. The number of rotatable bonds is 6. The highest BCUT2D eigenvalue weighted by molar-refractivity contribution is 7.99. The van der Waals surface area contributed by atoms with Crippen LogP contribution in [0.3, 0.4) is 0 Å². The predicted molar refractivity (Wildman–Crippen MR) is 112 cm³/mol. The molecule has 4 aromatic rings. The average Bonchev–Trinajstić information content (AvgIpc) is 3.29. The third kappa shape index (κ3) is 4.37. The molecule has 27 heavy (non-hydrogen) atoms. The van der Waals surface area contributed by atoms with Gasteiger partial charge in [-0.05, 0) is 19.1 Å². The first-order chi connectivity index (χ1) is 13.2. The maximum atomic E-state index is 12.2. The molecule has 0 radical (unpaired) electrons. The number of fused-ring (bicyclic) bond motifs is 1. The largest absolute Gasteiger partial charge is 0.333 e. The van der Waals surface area contributed by atoms with Crippen LogP contribution in [0, 0.1) is 6.92 Å². The molecule has 2 aromatic heterocycles. The monoisotopic (exact) mass is 394 g/mol. The number of anilines is 1. The number of aromatic nitrogens is 3. The Labute approximate surface area is 165 Å². The van der Waals surface area contributed by atoms with Crippen LogP contribution in [0.25, 0.3) is 22.3 Å². The van der Waals surface area contributed by atoms with Crippen molar-refractivity contribution in [2.75, 3.05) is 11.1 Å². The molecule has 1 amide bonds. The van der Waals surface area contributed by atoms with Crippen molar-refractivity contribution in [3.8, 4) is 11.3 Å². The van der Waals surface area contributed by atoms with E-state index in [4.69, 9.17) is 0 Å². The Kier molecular flexibility index (Phi) is 5.22. The molecule has 5 nitrogen and oxygen atoms in total. The van der Waals surface area contributed by atoms with E-state index in [-0.39, 0.29) is 5.91 Å². The smallest absolute Gasteiger partial charge is 0.226 e. The Morgan fingerprint density at radius 2 is 1.96 bits per heavy atom. The van der Waals surface area contributed by atoms with Crippen LogP contribution >= 0.6 is 23.1 Å². The molecule has 2 aromatic carbocycles. The first-order valence-electron chi connectivity index (χ1n) is 8.57. The van der Waals surface area contributed by atoms with Crippen LogP contribution in [-0.2, 0) is 4.79 Å². The molecule has 4 rings (SSSR count). The third-order valence-electron chi connectivity index (χ3n) is 4.03. The van der Waals surface area contributed by atoms with Gasteiger partial charge >= 0.3 is 0 Å². The Morgan fingerprint density at radius 1 is 1.15 bits per heavy atom. The minimum Gasteiger partial charge on any atom is -0.333 e. The van der Waals surface area contributed by atoms with Gasteiger partial charge in [0.1, 0.15) is 0 Å². The molecule has 0 aliphatic rings. The van der Waals surface area contributed by atoms with Crippen LogP contribution in [0.2, 0.25) is 0 Å². The van der Waals surface area contributed by atoms with Gasteiger partial charge in [0.2, 0.25) is 5.91 Å². The van der Waals surface area contributed by atoms with E-state index in [9.17, 15) is 4.79 Å². The Hall–Kier alpha value is -2.64. The van der Waals surface area contributed by atoms with Gasteiger partial charge in [-0.1, -0.05) is 53.7 Å². The highest BCUT2D eigenvalue weighted by atomic mass is 32.2. The summed E-state index contributed by atoms with van der Waals surface area (Å²) in [5.41, 5.74) is 5.10. The van der Waals surface area contributed by atoms with Crippen LogP contribution in [-0.4, -0.2) is 26.6 Å². The van der Waals surface area contributed by atoms with Gasteiger partial charge in [0, 0.05) is 23.1 Å². The third-order valence-corrected chi connectivity index (χ3v) is 5.67. The summed E-state index contributed by atoms with van der Waals surface area (Å²) in [5, 5.41) is 6.30. The van der Waals surface area contributed by atoms with Crippen LogP contribution in [0.1, 0.15) is 12.0 Å². The van der Waals surface area contributed by atoms with E-state index in [1.807, 2.05) is 41.8 Å². The number of nitrogens with zero attached hydrogens (tertiary/aromatic N) is 2. The summed E-state index contributed by atoms with van der Waals surface area (Å²) in [7, 11) is 0. The lowest BCUT2D eigenvalue weighted by atomic mass is 10.1. The van der Waals surface area contributed by atoms with E-state index in [2.05, 4.69) is 39.3 Å². The highest BCUT2D eigenvalue weighted by Gasteiger charge is 2.09. The number of nitrogens with one attached hydrogen (secondary N) is 2. The van der Waals surface area contributed by atoms with Gasteiger partial charge in [0.05, 0.1) is 16.7 Å². The lowest BCUT2D eigenvalue weighted by Gasteiger charge is -2.01. The number of hydrogen-bond donors (Lipinski definition) is 2. The van der Waals surface area contributed by atoms with Crippen LogP contribution in [0.4, 0.5) is 5.13 Å². The summed E-state index contributed by atoms with van der Waals surface area (Å²) in [5.74, 6) is 0.616. The van der Waals surface area contributed by atoms with Gasteiger partial charge in [-0.2, -0.15) is 0 Å². The van der Waals surface area contributed by atoms with Crippen molar-refractivity contribution >= 4 is 45.2 Å². The molecule has 0 fully saturated rings. The second-order valence-electron chi connectivity index (χ2n) is 6.11. The Bertz CT molecular complexity index is 1040. The molecule has 136 valence electrons. The van der Waals surface area contributed by atoms with Crippen molar-refractivity contribution in [2.24, 2.45) is 0 Å². The predicted octanol–water partition coefficient (Wildman–Crippen LogP) is 5.12. The minimum atomic E-state index is -0.0385. The van der Waals surface area contributed by atoms with E-state index in [1.54, 1.807) is 11.8 Å². The van der Waals surface area contributed by atoms with Crippen molar-refractivity contribution in [3.05, 3.63) is 59.5 Å². The van der Waals surface area contributed by atoms with Crippen molar-refractivity contribution in [3.63, 3.8) is 0 Å². The van der Waals surface area contributed by atoms with E-state index < -0.39 is 0 Å². The normalized spacial score (nSPS) is 11.0. The number of thiazole rings is 1. The number of amides is 1. The topological polar surface area (TPSA) is 70.7 Å². The summed E-state index contributed by atoms with van der Waals surface area (Å²) in [6.45, 7) is 2.06. The summed E-state index contributed by atoms with van der Waals surface area (Å²) >= 11 is 2.99. The first-order valence-corrected chi connectivity index (χ1v) is 10.4. The molecule has 2 N–H and O–H groups in total. The fraction of sp³-hybridized carbons (Fsp3) is 0.150. The number of hydrogen-bond acceptors (Lipinski definition) is 5. The van der Waals surface area contributed by atoms with Crippen LogP contribution in [0.15, 0.2) is 59.1 Å². The molecule has 0 saturated heterocycles. The summed E-state index contributed by atoms with van der Waals surface area (Å²) in [6, 6.07) is 16.1. The second kappa shape index (κ2) is 7.94. The van der Waals surface area contributed by atoms with Crippen LogP contribution < -0.4 is 5.32 Å². The van der Waals surface area contributed by atoms with Gasteiger partial charge in [0.15, 0.2) is 10.3 Å². The van der Waals surface area contributed by atoms with E-state index in [0.29, 0.717) is 17.3 Å². The van der Waals surface area contributed by atoms with Gasteiger partial charge in [-0.15, -0.1) is 11.3 Å². The molecule has 7 heteroatoms. The number of para-hydroxylation sites is 2. The van der Waals surface area contributed by atoms with Gasteiger partial charge in [-0.25, -0.2) is 9.97 Å². The molecule has 0 bridgehead atoms. The summed E-state index contributed by atoms with van der Waals surface area (Å²) in [6.07, 6.45) is 0.404. The number of thioether (sulfide) groups is 1. The van der Waals surface area contributed by atoms with Crippen molar-refractivity contribution in [2.45, 2.75) is 18.5 Å². The molecular formula is C20H18N4OS2. The van der Waals surface area contributed by atoms with Crippen LogP contribution in [0.5, 0.6) is 0 Å². The molecule has 0 spiro atoms. The fourth-order valence-electron chi connectivity index (χ4n) is 2.61. The van der Waals surface area contributed by atoms with E-state index >= 15 is 0 Å². The highest BCUT2D eigenvalue weighted by Crippen LogP contribution is 2.25. The standard InChI is InChI=1S/C20H18N4OS2/c1-13-6-8-14(9-7-13)17-12-27-20(23-17)24-18(25)10-11-26-19-21-15-4-2-3-5-16(15)22-19/h2-9,12H,10-11H2,1H3,(H,21,22)(H,23,24,25). The zero-order chi connectivity index (χ0) is 18.6. The van der Waals surface area contributed by atoms with Crippen molar-refractivity contribution in [1.29, 1.82) is 0 Å². The zero-order valence-electron chi connectivity index (χ0n) is 14.7. The number of imidazole rings is 1. The SMILES string of the molecule is Cc1ccc(-c2csc(NC(=O)CCSc3nc4ccccc4[nH]3)n2)cc1. The lowest BCUT2D eigenvalue weighted by molar-refractivity contribution is -0.115. The number of carbonyl (C=O) groups excluding carboxylic acids is 1. The molecule has 2 heterocycles. The molecule has 0 aliphatic heterocycles. The first kappa shape index (κ1) is 17.8. The molecular weight excluding hydrogens is 376 g/mol. The maximum absolute atomic E-state index is 12.2.